The lowest BCUT2D eigenvalue weighted by molar-refractivity contribution is -0.216. The van der Waals surface area contributed by atoms with Crippen LogP contribution in [0.3, 0.4) is 0 Å². The molecule has 0 N–H and O–H groups in total. The van der Waals surface area contributed by atoms with E-state index in [1.54, 1.807) is 19.9 Å². The summed E-state index contributed by atoms with van der Waals surface area (Å²) in [5.74, 6) is -2.09. The Labute approximate surface area is 144 Å². The summed E-state index contributed by atoms with van der Waals surface area (Å²) in [6, 6.07) is 9.29. The molecule has 1 aromatic rings. The highest BCUT2D eigenvalue weighted by Gasteiger charge is 2.64. The quantitative estimate of drug-likeness (QED) is 0.605. The van der Waals surface area contributed by atoms with E-state index in [2.05, 4.69) is 0 Å². The van der Waals surface area contributed by atoms with Crippen molar-refractivity contribution in [2.24, 2.45) is 0 Å². The number of fused-ring (bicyclic) bond motifs is 3. The molecule has 1 aromatic carbocycles. The predicted octanol–water partition coefficient (Wildman–Crippen LogP) is 1.41. The monoisotopic (exact) mass is 346 g/mol. The molecule has 4 rings (SSSR count). The normalized spacial score (nSPS) is 35.4. The standard InChI is InChI=1S/C18H18O7/c1-18(2)24-15-13-12(23-17(15)25-18)14(16(20)22-13)21-11(19)9-8-10-6-4-3-5-7-10/h3-9,12-15,17H,1-2H3/b9-8+/t12-,13-,14?,15?,17?/m0/s1. The average molecular weight is 346 g/mol. The number of ether oxygens (including phenoxy) is 5. The van der Waals surface area contributed by atoms with E-state index in [1.165, 1.54) is 6.08 Å². The number of hydrogen-bond donors (Lipinski definition) is 0. The molecule has 0 aliphatic carbocycles. The molecular weight excluding hydrogens is 328 g/mol. The molecule has 25 heavy (non-hydrogen) atoms. The van der Waals surface area contributed by atoms with Gasteiger partial charge in [-0.05, 0) is 25.5 Å². The van der Waals surface area contributed by atoms with Crippen molar-refractivity contribution in [3.05, 3.63) is 42.0 Å². The fraction of sp³-hybridized carbons (Fsp3) is 0.444. The fourth-order valence-corrected chi connectivity index (χ4v) is 3.23. The van der Waals surface area contributed by atoms with Crippen molar-refractivity contribution in [3.63, 3.8) is 0 Å². The summed E-state index contributed by atoms with van der Waals surface area (Å²) in [6.07, 6.45) is -0.783. The summed E-state index contributed by atoms with van der Waals surface area (Å²) < 4.78 is 27.6. The van der Waals surface area contributed by atoms with E-state index in [0.29, 0.717) is 0 Å². The van der Waals surface area contributed by atoms with Crippen LogP contribution in [-0.2, 0) is 33.3 Å². The third-order valence-corrected chi connectivity index (χ3v) is 4.26. The summed E-state index contributed by atoms with van der Waals surface area (Å²) >= 11 is 0. The van der Waals surface area contributed by atoms with Crippen molar-refractivity contribution >= 4 is 18.0 Å². The van der Waals surface area contributed by atoms with Gasteiger partial charge in [0.25, 0.3) is 0 Å². The average Bonchev–Trinajstić information content (AvgIpc) is 3.14. The number of hydrogen-bond acceptors (Lipinski definition) is 7. The molecule has 5 atom stereocenters. The minimum Gasteiger partial charge on any atom is -0.454 e. The molecule has 0 saturated carbocycles. The zero-order chi connectivity index (χ0) is 17.6. The smallest absolute Gasteiger partial charge is 0.350 e. The van der Waals surface area contributed by atoms with Crippen LogP contribution in [0.4, 0.5) is 0 Å². The molecule has 7 nitrogen and oxygen atoms in total. The Morgan fingerprint density at radius 2 is 1.88 bits per heavy atom. The van der Waals surface area contributed by atoms with Gasteiger partial charge in [0.05, 0.1) is 0 Å². The number of benzene rings is 1. The lowest BCUT2D eigenvalue weighted by atomic mass is 10.1. The van der Waals surface area contributed by atoms with Crippen molar-refractivity contribution in [1.29, 1.82) is 0 Å². The minimum absolute atomic E-state index is 0.521. The topological polar surface area (TPSA) is 80.3 Å². The molecule has 0 aromatic heterocycles. The number of carbonyl (C=O) groups excluding carboxylic acids is 2. The van der Waals surface area contributed by atoms with Gasteiger partial charge < -0.3 is 23.7 Å². The second kappa shape index (κ2) is 5.94. The van der Waals surface area contributed by atoms with Gasteiger partial charge in [-0.1, -0.05) is 30.3 Å². The first-order valence-electron chi connectivity index (χ1n) is 8.08. The molecule has 3 aliphatic heterocycles. The summed E-state index contributed by atoms with van der Waals surface area (Å²) in [4.78, 5) is 24.1. The third kappa shape index (κ3) is 3.06. The van der Waals surface area contributed by atoms with Crippen molar-refractivity contribution < 1.29 is 33.3 Å². The highest BCUT2D eigenvalue weighted by atomic mass is 16.8. The molecule has 3 saturated heterocycles. The Morgan fingerprint density at radius 3 is 2.64 bits per heavy atom. The Bertz CT molecular complexity index is 711. The summed E-state index contributed by atoms with van der Waals surface area (Å²) in [5.41, 5.74) is 0.849. The second-order valence-corrected chi connectivity index (χ2v) is 6.57. The molecule has 0 spiro atoms. The molecule has 3 heterocycles. The zero-order valence-corrected chi connectivity index (χ0v) is 13.8. The number of carbonyl (C=O) groups is 2. The van der Waals surface area contributed by atoms with Crippen molar-refractivity contribution in [2.45, 2.75) is 50.3 Å². The van der Waals surface area contributed by atoms with Crippen LogP contribution in [0.15, 0.2) is 36.4 Å². The maximum absolute atomic E-state index is 12.0. The van der Waals surface area contributed by atoms with Crippen LogP contribution in [0.2, 0.25) is 0 Å². The van der Waals surface area contributed by atoms with E-state index < -0.39 is 48.4 Å². The number of esters is 2. The van der Waals surface area contributed by atoms with Gasteiger partial charge in [-0.3, -0.25) is 0 Å². The Balaban J connectivity index is 1.41. The van der Waals surface area contributed by atoms with Crippen LogP contribution >= 0.6 is 0 Å². The van der Waals surface area contributed by atoms with Crippen LogP contribution in [0, 0.1) is 0 Å². The van der Waals surface area contributed by atoms with E-state index in [1.807, 2.05) is 30.3 Å². The van der Waals surface area contributed by atoms with Crippen LogP contribution in [0.1, 0.15) is 19.4 Å². The first-order valence-corrected chi connectivity index (χ1v) is 8.08. The van der Waals surface area contributed by atoms with E-state index in [9.17, 15) is 9.59 Å². The number of rotatable bonds is 3. The van der Waals surface area contributed by atoms with Crippen LogP contribution in [0.25, 0.3) is 6.08 Å². The molecule has 3 aliphatic rings. The molecule has 0 radical (unpaired) electrons. The summed E-state index contributed by atoms with van der Waals surface area (Å²) in [7, 11) is 0. The van der Waals surface area contributed by atoms with E-state index >= 15 is 0 Å². The Hall–Kier alpha value is -2.22. The maximum Gasteiger partial charge on any atom is 0.350 e. The zero-order valence-electron chi connectivity index (χ0n) is 13.8. The summed E-state index contributed by atoms with van der Waals surface area (Å²) in [6.45, 7) is 3.51. The lowest BCUT2D eigenvalue weighted by Gasteiger charge is -2.21. The maximum atomic E-state index is 12.0. The molecular formula is C18H18O7. The van der Waals surface area contributed by atoms with Crippen molar-refractivity contribution in [2.75, 3.05) is 0 Å². The third-order valence-electron chi connectivity index (χ3n) is 4.26. The van der Waals surface area contributed by atoms with Gasteiger partial charge in [0.1, 0.15) is 6.10 Å². The second-order valence-electron chi connectivity index (χ2n) is 6.57. The molecule has 0 bridgehead atoms. The van der Waals surface area contributed by atoms with E-state index in [0.717, 1.165) is 5.56 Å². The van der Waals surface area contributed by atoms with Crippen molar-refractivity contribution in [3.8, 4) is 0 Å². The highest BCUT2D eigenvalue weighted by Crippen LogP contribution is 2.42. The molecule has 3 fully saturated rings. The molecule has 7 heteroatoms. The van der Waals surface area contributed by atoms with Gasteiger partial charge >= 0.3 is 11.9 Å². The van der Waals surface area contributed by atoms with Gasteiger partial charge in [-0.15, -0.1) is 0 Å². The van der Waals surface area contributed by atoms with Crippen LogP contribution < -0.4 is 0 Å². The largest absolute Gasteiger partial charge is 0.454 e. The minimum atomic E-state index is -1.13. The predicted molar refractivity (Wildman–Crippen MR) is 83.9 cm³/mol. The Morgan fingerprint density at radius 1 is 1.12 bits per heavy atom. The van der Waals surface area contributed by atoms with E-state index in [4.69, 9.17) is 23.7 Å². The van der Waals surface area contributed by atoms with Gasteiger partial charge in [0, 0.05) is 6.08 Å². The first kappa shape index (κ1) is 16.3. The molecule has 3 unspecified atom stereocenters. The van der Waals surface area contributed by atoms with Crippen LogP contribution in [-0.4, -0.2) is 48.4 Å². The van der Waals surface area contributed by atoms with Crippen molar-refractivity contribution in [1.82, 2.24) is 0 Å². The van der Waals surface area contributed by atoms with Crippen LogP contribution in [0.5, 0.6) is 0 Å². The lowest BCUT2D eigenvalue weighted by Crippen LogP contribution is -2.37. The van der Waals surface area contributed by atoms with Gasteiger partial charge in [-0.2, -0.15) is 0 Å². The van der Waals surface area contributed by atoms with E-state index in [-0.39, 0.29) is 0 Å². The molecule has 132 valence electrons. The van der Waals surface area contributed by atoms with Gasteiger partial charge in [0.2, 0.25) is 6.10 Å². The highest BCUT2D eigenvalue weighted by molar-refractivity contribution is 5.90. The summed E-state index contributed by atoms with van der Waals surface area (Å²) in [5, 5.41) is 0. The Kier molecular flexibility index (Phi) is 3.87. The van der Waals surface area contributed by atoms with Gasteiger partial charge in [0.15, 0.2) is 24.3 Å². The fourth-order valence-electron chi connectivity index (χ4n) is 3.23. The first-order chi connectivity index (χ1) is 11.9. The molecule has 0 amide bonds. The van der Waals surface area contributed by atoms with Gasteiger partial charge in [-0.25, -0.2) is 9.59 Å². The SMILES string of the molecule is CC1(C)OC2O[C@@H]3C(OC(=O)/C=C/c4ccccc4)C(=O)O[C@@H]3C2O1.